The lowest BCUT2D eigenvalue weighted by atomic mass is 9.97. The molecule has 0 radical (unpaired) electrons. The van der Waals surface area contributed by atoms with Gasteiger partial charge in [0.05, 0.1) is 18.4 Å². The van der Waals surface area contributed by atoms with E-state index in [-0.39, 0.29) is 5.54 Å². The molecular weight excluding hydrogens is 456 g/mol. The number of anilines is 2. The highest BCUT2D eigenvalue weighted by atomic mass is 32.1. The lowest BCUT2D eigenvalue weighted by Crippen LogP contribution is -2.49. The van der Waals surface area contributed by atoms with E-state index in [4.69, 9.17) is 15.5 Å². The molecule has 0 bridgehead atoms. The first kappa shape index (κ1) is 24.4. The number of hydrogen-bond acceptors (Lipinski definition) is 8. The quantitative estimate of drug-likeness (QED) is 0.547. The van der Waals surface area contributed by atoms with Gasteiger partial charge in [0.25, 0.3) is 0 Å². The molecule has 3 heterocycles. The van der Waals surface area contributed by atoms with Gasteiger partial charge in [0.2, 0.25) is 5.79 Å². The van der Waals surface area contributed by atoms with Gasteiger partial charge in [-0.1, -0.05) is 19.9 Å². The normalized spacial score (nSPS) is 23.7. The first-order valence-corrected chi connectivity index (χ1v) is 13.7. The van der Waals surface area contributed by atoms with Crippen molar-refractivity contribution in [2.75, 3.05) is 44.5 Å². The van der Waals surface area contributed by atoms with Crippen molar-refractivity contribution in [2.45, 2.75) is 69.7 Å². The maximum atomic E-state index is 7.01. The highest BCUT2D eigenvalue weighted by molar-refractivity contribution is 7.14. The molecule has 7 nitrogen and oxygen atoms in total. The molecular formula is C27H40N6OS. The van der Waals surface area contributed by atoms with Gasteiger partial charge in [0.15, 0.2) is 0 Å². The number of thiophene rings is 1. The second kappa shape index (κ2) is 8.98. The van der Waals surface area contributed by atoms with Crippen molar-refractivity contribution < 1.29 is 4.74 Å². The Bertz CT molecular complexity index is 1110. The van der Waals surface area contributed by atoms with Gasteiger partial charge in [-0.15, -0.1) is 11.3 Å². The van der Waals surface area contributed by atoms with Crippen molar-refractivity contribution in [3.8, 4) is 5.75 Å². The molecule has 1 aromatic heterocycles. The standard InChI is InChI=1S/C27H40N6OS/c1-17(2)20-16-35-25-23(20)24(29-26(3)11-12-26)30-27(28,31-25)18-7-8-21(22(15-18)34-6)33-13-9-19(10-14-33)32(4)5/h7-8,15-17,19,31H,9-14,28H2,1-6H3,(H,29,30). The van der Waals surface area contributed by atoms with Crippen molar-refractivity contribution >= 4 is 27.9 Å². The van der Waals surface area contributed by atoms with Crippen LogP contribution in [0.3, 0.4) is 0 Å². The molecule has 1 saturated heterocycles. The number of nitrogens with zero attached hydrogens (tertiary/aromatic N) is 3. The first-order chi connectivity index (χ1) is 16.6. The van der Waals surface area contributed by atoms with Crippen LogP contribution in [0, 0.1) is 0 Å². The van der Waals surface area contributed by atoms with Crippen molar-refractivity contribution in [1.29, 1.82) is 0 Å². The van der Waals surface area contributed by atoms with Crippen LogP contribution in [0.4, 0.5) is 10.7 Å². The molecule has 2 aromatic rings. The van der Waals surface area contributed by atoms with Crippen molar-refractivity contribution in [3.63, 3.8) is 0 Å². The zero-order valence-corrected chi connectivity index (χ0v) is 22.8. The van der Waals surface area contributed by atoms with Crippen LogP contribution in [0.1, 0.15) is 69.1 Å². The van der Waals surface area contributed by atoms with Gasteiger partial charge < -0.3 is 25.2 Å². The summed E-state index contributed by atoms with van der Waals surface area (Å²) in [6.45, 7) is 8.76. The van der Waals surface area contributed by atoms with Crippen LogP contribution in [-0.2, 0) is 5.79 Å². The molecule has 1 unspecified atom stereocenters. The maximum Gasteiger partial charge on any atom is 0.212 e. The monoisotopic (exact) mass is 496 g/mol. The number of amidine groups is 1. The lowest BCUT2D eigenvalue weighted by Gasteiger charge is -2.38. The molecule has 1 saturated carbocycles. The zero-order chi connectivity index (χ0) is 25.0. The number of hydrogen-bond donors (Lipinski definition) is 3. The van der Waals surface area contributed by atoms with Crippen molar-refractivity contribution in [1.82, 2.24) is 10.2 Å². The van der Waals surface area contributed by atoms with Gasteiger partial charge in [0, 0.05) is 30.2 Å². The van der Waals surface area contributed by atoms with E-state index < -0.39 is 5.79 Å². The van der Waals surface area contributed by atoms with Crippen LogP contribution < -0.4 is 26.0 Å². The Balaban J connectivity index is 1.47. The number of nitrogens with one attached hydrogen (secondary N) is 2. The fraction of sp³-hybridized carbons (Fsp3) is 0.593. The van der Waals surface area contributed by atoms with E-state index in [1.165, 1.54) is 11.1 Å². The molecule has 1 aromatic carbocycles. The molecule has 0 amide bonds. The first-order valence-electron chi connectivity index (χ1n) is 12.8. The number of aliphatic imine (C=N–C) groups is 1. The average Bonchev–Trinajstić information content (AvgIpc) is 3.39. The average molecular weight is 497 g/mol. The minimum Gasteiger partial charge on any atom is -0.495 e. The third kappa shape index (κ3) is 4.63. The van der Waals surface area contributed by atoms with Crippen LogP contribution >= 0.6 is 11.3 Å². The molecule has 8 heteroatoms. The number of ether oxygens (including phenoxy) is 1. The van der Waals surface area contributed by atoms with E-state index >= 15 is 0 Å². The lowest BCUT2D eigenvalue weighted by molar-refractivity contribution is 0.249. The largest absolute Gasteiger partial charge is 0.495 e. The van der Waals surface area contributed by atoms with Crippen LogP contribution in [0.15, 0.2) is 28.6 Å². The van der Waals surface area contributed by atoms with E-state index in [9.17, 15) is 0 Å². The predicted molar refractivity (Wildman–Crippen MR) is 147 cm³/mol. The molecule has 0 spiro atoms. The van der Waals surface area contributed by atoms with E-state index in [1.807, 2.05) is 0 Å². The van der Waals surface area contributed by atoms with Crippen molar-refractivity contribution in [3.05, 3.63) is 40.3 Å². The van der Waals surface area contributed by atoms with E-state index in [1.54, 1.807) is 18.4 Å². The van der Waals surface area contributed by atoms with E-state index in [0.29, 0.717) is 12.0 Å². The molecule has 3 aliphatic rings. The highest BCUT2D eigenvalue weighted by Crippen LogP contribution is 2.43. The zero-order valence-electron chi connectivity index (χ0n) is 21.9. The molecule has 2 aliphatic heterocycles. The second-order valence-electron chi connectivity index (χ2n) is 11.2. The highest BCUT2D eigenvalue weighted by Gasteiger charge is 2.42. The number of fused-ring (bicyclic) bond motifs is 1. The Kier molecular flexibility index (Phi) is 6.26. The minimum atomic E-state index is -1.07. The summed E-state index contributed by atoms with van der Waals surface area (Å²) in [4.78, 5) is 9.88. The molecule has 5 rings (SSSR count). The molecule has 1 atom stereocenters. The number of nitrogens with two attached hydrogens (primary N) is 1. The predicted octanol–water partition coefficient (Wildman–Crippen LogP) is 4.49. The minimum absolute atomic E-state index is 0.102. The van der Waals surface area contributed by atoms with Crippen molar-refractivity contribution in [2.24, 2.45) is 10.7 Å². The summed E-state index contributed by atoms with van der Waals surface area (Å²) in [6.07, 6.45) is 4.61. The van der Waals surface area contributed by atoms with Crippen LogP contribution in [0.2, 0.25) is 0 Å². The van der Waals surface area contributed by atoms with Gasteiger partial charge in [-0.3, -0.25) is 5.73 Å². The van der Waals surface area contributed by atoms with E-state index in [2.05, 4.69) is 78.9 Å². The van der Waals surface area contributed by atoms with Crippen LogP contribution in [0.25, 0.3) is 0 Å². The van der Waals surface area contributed by atoms with Gasteiger partial charge in [0.1, 0.15) is 16.6 Å². The second-order valence-corrected chi connectivity index (χ2v) is 12.0. The Labute approximate surface area is 213 Å². The fourth-order valence-corrected chi connectivity index (χ4v) is 6.37. The summed E-state index contributed by atoms with van der Waals surface area (Å²) in [5.74, 6) is 1.09. The Morgan fingerprint density at radius 3 is 2.57 bits per heavy atom. The summed E-state index contributed by atoms with van der Waals surface area (Å²) >= 11 is 1.71. The molecule has 1 aliphatic carbocycles. The SMILES string of the molecule is COc1cc(C2(N)N=C(NC3(C)CC3)c3c(C(C)C)csc3N2)ccc1N1CCC(N(C)C)CC1. The third-order valence-electron chi connectivity index (χ3n) is 7.85. The number of rotatable bonds is 6. The summed E-state index contributed by atoms with van der Waals surface area (Å²) in [7, 11) is 6.08. The summed E-state index contributed by atoms with van der Waals surface area (Å²) in [5, 5.41) is 10.6. The van der Waals surface area contributed by atoms with Crippen LogP contribution in [0.5, 0.6) is 5.75 Å². The summed E-state index contributed by atoms with van der Waals surface area (Å²) < 4.78 is 5.87. The van der Waals surface area contributed by atoms with Gasteiger partial charge in [-0.05, 0) is 75.7 Å². The third-order valence-corrected chi connectivity index (χ3v) is 8.76. The fourth-order valence-electron chi connectivity index (χ4n) is 5.19. The van der Waals surface area contributed by atoms with E-state index in [0.717, 1.165) is 66.6 Å². The summed E-state index contributed by atoms with van der Waals surface area (Å²) in [6, 6.07) is 6.95. The molecule has 4 N–H and O–H groups in total. The Morgan fingerprint density at radius 2 is 1.97 bits per heavy atom. The smallest absolute Gasteiger partial charge is 0.212 e. The van der Waals surface area contributed by atoms with Gasteiger partial charge in [-0.25, -0.2) is 4.99 Å². The number of piperidine rings is 1. The molecule has 190 valence electrons. The van der Waals surface area contributed by atoms with Crippen LogP contribution in [-0.4, -0.2) is 56.6 Å². The molecule has 35 heavy (non-hydrogen) atoms. The Morgan fingerprint density at radius 1 is 1.26 bits per heavy atom. The Hall–Kier alpha value is -2.29. The number of methoxy groups -OCH3 is 1. The number of benzene rings is 1. The summed E-state index contributed by atoms with van der Waals surface area (Å²) in [5.41, 5.74) is 11.6. The topological polar surface area (TPSA) is 78.1 Å². The van der Waals surface area contributed by atoms with Gasteiger partial charge >= 0.3 is 0 Å². The maximum absolute atomic E-state index is 7.01. The molecule has 2 fully saturated rings. The van der Waals surface area contributed by atoms with Gasteiger partial charge in [-0.2, -0.15) is 0 Å².